The van der Waals surface area contributed by atoms with Gasteiger partial charge in [0.05, 0.1) is 12.0 Å². The van der Waals surface area contributed by atoms with E-state index < -0.39 is 58.7 Å². The van der Waals surface area contributed by atoms with Crippen molar-refractivity contribution in [1.29, 1.82) is 0 Å². The lowest BCUT2D eigenvalue weighted by molar-refractivity contribution is -0.204. The molecule has 1 spiro atoms. The lowest BCUT2D eigenvalue weighted by atomic mass is 9.59. The number of esters is 2. The molecule has 0 aliphatic heterocycles. The molecule has 0 aromatic carbocycles. The lowest BCUT2D eigenvalue weighted by Gasteiger charge is -2.49. The van der Waals surface area contributed by atoms with Crippen molar-refractivity contribution in [2.45, 2.75) is 123 Å². The summed E-state index contributed by atoms with van der Waals surface area (Å²) >= 11 is 0. The Kier molecular flexibility index (Phi) is 8.50. The number of carbonyl (C=O) groups excluding carboxylic acids is 3. The molecule has 0 radical (unpaired) electrons. The number of aliphatic hydroxyl groups is 3. The number of hydrogen-bond acceptors (Lipinski definition) is 8. The number of Topliss-reactive ketones (excluding diaryl/α,β-unsaturated/α-hetero) is 1. The largest absolute Gasteiger partial charge is 0.458 e. The average molecular weight is 561 g/mol. The first kappa shape index (κ1) is 30.9. The maximum Gasteiger partial charge on any atom is 0.306 e. The summed E-state index contributed by atoms with van der Waals surface area (Å²) in [4.78, 5) is 40.6. The number of allylic oxidation sites excluding steroid dienone is 1. The van der Waals surface area contributed by atoms with Gasteiger partial charge in [-0.1, -0.05) is 72.5 Å². The van der Waals surface area contributed by atoms with Gasteiger partial charge in [0.25, 0.3) is 0 Å². The fourth-order valence-electron chi connectivity index (χ4n) is 8.38. The van der Waals surface area contributed by atoms with Crippen LogP contribution < -0.4 is 0 Å². The molecule has 0 saturated heterocycles. The van der Waals surface area contributed by atoms with Crippen LogP contribution in [0.5, 0.6) is 0 Å². The van der Waals surface area contributed by atoms with Crippen molar-refractivity contribution in [3.05, 3.63) is 23.3 Å². The Morgan fingerprint density at radius 3 is 2.23 bits per heavy atom. The molecule has 1 unspecified atom stereocenters. The second kappa shape index (κ2) is 11.0. The van der Waals surface area contributed by atoms with E-state index in [2.05, 4.69) is 6.92 Å². The summed E-state index contributed by atoms with van der Waals surface area (Å²) in [6, 6.07) is 0. The number of aliphatic hydroxyl groups excluding tert-OH is 2. The molecule has 0 heterocycles. The monoisotopic (exact) mass is 560 g/mol. The molecule has 8 atom stereocenters. The van der Waals surface area contributed by atoms with Crippen molar-refractivity contribution in [2.24, 2.45) is 28.6 Å². The first-order chi connectivity index (χ1) is 18.8. The van der Waals surface area contributed by atoms with Crippen molar-refractivity contribution < 1.29 is 39.2 Å². The normalized spacial score (nSPS) is 39.2. The molecule has 40 heavy (non-hydrogen) atoms. The molecule has 0 aromatic rings. The van der Waals surface area contributed by atoms with E-state index in [-0.39, 0.29) is 29.7 Å². The molecule has 8 heteroatoms. The summed E-state index contributed by atoms with van der Waals surface area (Å²) in [5.41, 5.74) is -4.69. The smallest absolute Gasteiger partial charge is 0.306 e. The molecular formula is C32H48O8. The van der Waals surface area contributed by atoms with Crippen molar-refractivity contribution in [2.75, 3.05) is 6.61 Å². The number of unbranched alkanes of at least 4 members (excludes halogenated alkanes) is 4. The third-order valence-corrected chi connectivity index (χ3v) is 10.5. The summed E-state index contributed by atoms with van der Waals surface area (Å²) in [6.45, 7) is 11.0. The van der Waals surface area contributed by atoms with E-state index in [0.717, 1.165) is 32.1 Å². The van der Waals surface area contributed by atoms with Gasteiger partial charge in [-0.25, -0.2) is 0 Å². The molecule has 0 aromatic heterocycles. The van der Waals surface area contributed by atoms with E-state index in [1.165, 1.54) is 0 Å². The van der Waals surface area contributed by atoms with Crippen LogP contribution in [-0.2, 0) is 23.9 Å². The van der Waals surface area contributed by atoms with Crippen molar-refractivity contribution >= 4 is 17.7 Å². The van der Waals surface area contributed by atoms with Crippen LogP contribution in [0, 0.1) is 28.6 Å². The quantitative estimate of drug-likeness (QED) is 0.195. The minimum absolute atomic E-state index is 0.109. The summed E-state index contributed by atoms with van der Waals surface area (Å²) in [7, 11) is 0. The second-order valence-electron chi connectivity index (χ2n) is 13.2. The minimum Gasteiger partial charge on any atom is -0.458 e. The average Bonchev–Trinajstić information content (AvgIpc) is 3.29. The fourth-order valence-corrected chi connectivity index (χ4v) is 8.38. The van der Waals surface area contributed by atoms with Gasteiger partial charge in [0, 0.05) is 30.1 Å². The molecule has 0 amide bonds. The van der Waals surface area contributed by atoms with E-state index in [0.29, 0.717) is 24.8 Å². The molecule has 2 fully saturated rings. The standard InChI is InChI=1S/C32H48O8/c1-7-9-11-13-23(34)39-28-19(3)16-30-20(4)17-31(40-24(35)14-12-10-8-2)25(29(31,5)6)22(27(30)37)15-21(18-33)26(36)32(28,30)38/h15-16,20,22,25-26,28,33,36,38H,7-14,17-18H2,1-6H3/t20-,22+,25+,26?,28+,30+,31+,32+/m1/s1. The first-order valence-corrected chi connectivity index (χ1v) is 15.2. The van der Waals surface area contributed by atoms with Crippen LogP contribution in [-0.4, -0.2) is 63.1 Å². The molecule has 2 saturated carbocycles. The predicted molar refractivity (Wildman–Crippen MR) is 149 cm³/mol. The van der Waals surface area contributed by atoms with Crippen LogP contribution in [0.25, 0.3) is 0 Å². The van der Waals surface area contributed by atoms with Gasteiger partial charge in [0.15, 0.2) is 17.5 Å². The van der Waals surface area contributed by atoms with Gasteiger partial charge in [0.1, 0.15) is 11.7 Å². The van der Waals surface area contributed by atoms with Gasteiger partial charge in [-0.3, -0.25) is 14.4 Å². The van der Waals surface area contributed by atoms with Gasteiger partial charge in [-0.2, -0.15) is 0 Å². The zero-order valence-electron chi connectivity index (χ0n) is 25.0. The molecule has 3 N–H and O–H groups in total. The zero-order chi connectivity index (χ0) is 29.7. The fraction of sp³-hybridized carbons (Fsp3) is 0.781. The molecule has 8 nitrogen and oxygen atoms in total. The van der Waals surface area contributed by atoms with Gasteiger partial charge < -0.3 is 24.8 Å². The Labute approximate surface area is 238 Å². The van der Waals surface area contributed by atoms with Crippen LogP contribution in [0.15, 0.2) is 23.3 Å². The number of ketones is 1. The number of fused-ring (bicyclic) bond motifs is 3. The number of rotatable bonds is 11. The van der Waals surface area contributed by atoms with Gasteiger partial charge in [0.2, 0.25) is 0 Å². The number of hydrogen-bond donors (Lipinski definition) is 3. The maximum absolute atomic E-state index is 14.7. The summed E-state index contributed by atoms with van der Waals surface area (Å²) < 4.78 is 12.1. The van der Waals surface area contributed by atoms with Crippen LogP contribution in [0.4, 0.5) is 0 Å². The van der Waals surface area contributed by atoms with E-state index in [4.69, 9.17) is 9.47 Å². The van der Waals surface area contributed by atoms with E-state index in [1.807, 2.05) is 27.7 Å². The first-order valence-electron chi connectivity index (χ1n) is 15.2. The third kappa shape index (κ3) is 4.31. The summed E-state index contributed by atoms with van der Waals surface area (Å²) in [5, 5.41) is 34.6. The number of carbonyl (C=O) groups is 3. The maximum atomic E-state index is 14.7. The Morgan fingerprint density at radius 1 is 1.05 bits per heavy atom. The van der Waals surface area contributed by atoms with Crippen LogP contribution in [0.2, 0.25) is 0 Å². The summed E-state index contributed by atoms with van der Waals surface area (Å²) in [6.07, 6.45) is 6.20. The Morgan fingerprint density at radius 2 is 1.65 bits per heavy atom. The second-order valence-corrected chi connectivity index (χ2v) is 13.2. The highest BCUT2D eigenvalue weighted by molar-refractivity contribution is 5.96. The van der Waals surface area contributed by atoms with Crippen LogP contribution >= 0.6 is 0 Å². The van der Waals surface area contributed by atoms with Crippen LogP contribution in [0.3, 0.4) is 0 Å². The molecule has 4 aliphatic carbocycles. The van der Waals surface area contributed by atoms with Crippen molar-refractivity contribution in [1.82, 2.24) is 0 Å². The molecule has 4 rings (SSSR count). The Hall–Kier alpha value is -2.03. The van der Waals surface area contributed by atoms with E-state index in [1.54, 1.807) is 19.1 Å². The van der Waals surface area contributed by atoms with Gasteiger partial charge >= 0.3 is 11.9 Å². The zero-order valence-corrected chi connectivity index (χ0v) is 25.0. The van der Waals surface area contributed by atoms with E-state index in [9.17, 15) is 29.7 Å². The molecular weight excluding hydrogens is 512 g/mol. The highest BCUT2D eigenvalue weighted by Gasteiger charge is 2.83. The Balaban J connectivity index is 1.78. The van der Waals surface area contributed by atoms with Crippen LogP contribution in [0.1, 0.15) is 99.3 Å². The SMILES string of the molecule is CCCCCC(=O)O[C@H]1C(C)=C[C@]23C(=O)[C@@H](C=C(CO)C(O)[C@]12O)[C@H]1C(C)(C)[C@]1(OC(=O)CCCCC)C[C@H]3C. The van der Waals surface area contributed by atoms with Gasteiger partial charge in [-0.05, 0) is 43.3 Å². The van der Waals surface area contributed by atoms with E-state index >= 15 is 0 Å². The van der Waals surface area contributed by atoms with Crippen molar-refractivity contribution in [3.63, 3.8) is 0 Å². The molecule has 2 bridgehead atoms. The minimum atomic E-state index is -2.22. The molecule has 224 valence electrons. The number of ether oxygens (including phenoxy) is 2. The van der Waals surface area contributed by atoms with Crippen molar-refractivity contribution in [3.8, 4) is 0 Å². The topological polar surface area (TPSA) is 130 Å². The van der Waals surface area contributed by atoms with Gasteiger partial charge in [-0.15, -0.1) is 0 Å². The lowest BCUT2D eigenvalue weighted by Crippen LogP contribution is -2.66. The summed E-state index contributed by atoms with van der Waals surface area (Å²) in [5.74, 6) is -2.86. The highest BCUT2D eigenvalue weighted by Crippen LogP contribution is 2.75. The third-order valence-electron chi connectivity index (χ3n) is 10.5. The molecule has 4 aliphatic rings. The highest BCUT2D eigenvalue weighted by atomic mass is 16.6. The Bertz CT molecular complexity index is 1090. The predicted octanol–water partition coefficient (Wildman–Crippen LogP) is 4.19.